The lowest BCUT2D eigenvalue weighted by Gasteiger charge is -2.26. The van der Waals surface area contributed by atoms with Gasteiger partial charge in [0.2, 0.25) is 0 Å². The van der Waals surface area contributed by atoms with Crippen molar-refractivity contribution in [1.82, 2.24) is 10.3 Å². The highest BCUT2D eigenvalue weighted by Crippen LogP contribution is 2.29. The van der Waals surface area contributed by atoms with Crippen molar-refractivity contribution in [3.63, 3.8) is 0 Å². The van der Waals surface area contributed by atoms with Crippen molar-refractivity contribution in [2.45, 2.75) is 70.8 Å². The highest BCUT2D eigenvalue weighted by Gasteiger charge is 2.24. The average molecular weight is 395 g/mol. The highest BCUT2D eigenvalue weighted by atomic mass is 16.5. The Hall–Kier alpha value is -2.43. The Morgan fingerprint density at radius 1 is 1.07 bits per heavy atom. The number of aryl methyl sites for hydroxylation is 1. The lowest BCUT2D eigenvalue weighted by Crippen LogP contribution is -2.39. The molecule has 154 valence electrons. The first-order valence-electron chi connectivity index (χ1n) is 11.0. The molecule has 29 heavy (non-hydrogen) atoms. The Morgan fingerprint density at radius 3 is 2.66 bits per heavy atom. The summed E-state index contributed by atoms with van der Waals surface area (Å²) in [6.07, 6.45) is 9.30. The van der Waals surface area contributed by atoms with Crippen LogP contribution < -0.4 is 5.32 Å². The van der Waals surface area contributed by atoms with E-state index in [9.17, 15) is 9.59 Å². The van der Waals surface area contributed by atoms with Crippen LogP contribution in [0.2, 0.25) is 0 Å². The summed E-state index contributed by atoms with van der Waals surface area (Å²) in [5, 5.41) is 3.85. The number of nitrogens with zero attached hydrogens (tertiary/aromatic N) is 1. The van der Waals surface area contributed by atoms with E-state index in [-0.39, 0.29) is 18.6 Å². The third-order valence-corrected chi connectivity index (χ3v) is 6.34. The number of hydrogen-bond donors (Lipinski definition) is 1. The highest BCUT2D eigenvalue weighted by molar-refractivity contribution is 6.05. The lowest BCUT2D eigenvalue weighted by molar-refractivity contribution is -0.125. The van der Waals surface area contributed by atoms with Crippen LogP contribution in [0.15, 0.2) is 24.3 Å². The predicted octanol–water partition coefficient (Wildman–Crippen LogP) is 4.36. The number of ether oxygens (including phenoxy) is 1. The predicted molar refractivity (Wildman–Crippen MR) is 113 cm³/mol. The fourth-order valence-corrected chi connectivity index (χ4v) is 4.66. The second kappa shape index (κ2) is 8.93. The Balaban J connectivity index is 1.49. The summed E-state index contributed by atoms with van der Waals surface area (Å²) in [6, 6.07) is 7.92. The summed E-state index contributed by atoms with van der Waals surface area (Å²) in [6.45, 7) is 2.03. The second-order valence-corrected chi connectivity index (χ2v) is 8.59. The summed E-state index contributed by atoms with van der Waals surface area (Å²) >= 11 is 0. The van der Waals surface area contributed by atoms with Gasteiger partial charge >= 0.3 is 5.97 Å². The van der Waals surface area contributed by atoms with Gasteiger partial charge in [-0.1, -0.05) is 31.5 Å². The van der Waals surface area contributed by atoms with Crippen LogP contribution in [0.1, 0.15) is 73.5 Å². The molecule has 1 aromatic carbocycles. The molecule has 4 rings (SSSR count). The van der Waals surface area contributed by atoms with Gasteiger partial charge in [0.15, 0.2) is 6.61 Å². The van der Waals surface area contributed by atoms with E-state index in [2.05, 4.69) is 12.2 Å². The van der Waals surface area contributed by atoms with E-state index < -0.39 is 5.97 Å². The molecule has 5 heteroatoms. The minimum Gasteiger partial charge on any atom is -0.452 e. The molecular weight excluding hydrogens is 364 g/mol. The summed E-state index contributed by atoms with van der Waals surface area (Å²) in [5.41, 5.74) is 3.44. The lowest BCUT2D eigenvalue weighted by atomic mass is 9.87. The van der Waals surface area contributed by atoms with Gasteiger partial charge in [-0.2, -0.15) is 0 Å². The number of carbonyl (C=O) groups excluding carboxylic acids is 2. The third kappa shape index (κ3) is 4.60. The number of nitrogens with one attached hydrogen (secondary N) is 1. The van der Waals surface area contributed by atoms with Crippen molar-refractivity contribution in [3.05, 3.63) is 41.1 Å². The molecule has 1 saturated carbocycles. The molecule has 1 heterocycles. The SMILES string of the molecule is CC1CCC(NC(=O)COC(=O)c2c3c(nc4ccccc24)CCCCC3)CC1. The molecule has 1 aromatic heterocycles. The Labute approximate surface area is 172 Å². The maximum Gasteiger partial charge on any atom is 0.339 e. The van der Waals surface area contributed by atoms with E-state index in [0.29, 0.717) is 5.56 Å². The number of esters is 1. The van der Waals surface area contributed by atoms with Crippen molar-refractivity contribution in [2.24, 2.45) is 5.92 Å². The summed E-state index contributed by atoms with van der Waals surface area (Å²) in [7, 11) is 0. The molecule has 0 spiro atoms. The molecule has 1 fully saturated rings. The monoisotopic (exact) mass is 394 g/mol. The standard InChI is InChI=1S/C24H30N2O3/c1-16-11-13-17(14-12-16)25-22(27)15-29-24(28)23-18-7-3-2-4-9-20(18)26-21-10-6-5-8-19(21)23/h5-6,8,10,16-17H,2-4,7,9,11-15H2,1H3,(H,25,27). The minimum atomic E-state index is -0.408. The Bertz CT molecular complexity index is 900. The van der Waals surface area contributed by atoms with Crippen molar-refractivity contribution in [1.29, 1.82) is 0 Å². The number of aromatic nitrogens is 1. The number of fused-ring (bicyclic) bond motifs is 2. The van der Waals surface area contributed by atoms with Crippen LogP contribution in [0.4, 0.5) is 0 Å². The zero-order valence-corrected chi connectivity index (χ0v) is 17.2. The number of rotatable bonds is 4. The van der Waals surface area contributed by atoms with Gasteiger partial charge < -0.3 is 10.1 Å². The molecular formula is C24H30N2O3. The number of carbonyl (C=O) groups is 2. The van der Waals surface area contributed by atoms with Crippen molar-refractivity contribution < 1.29 is 14.3 Å². The molecule has 2 aromatic rings. The maximum atomic E-state index is 13.1. The molecule has 1 N–H and O–H groups in total. The quantitative estimate of drug-likeness (QED) is 0.618. The van der Waals surface area contributed by atoms with E-state index in [1.165, 1.54) is 0 Å². The van der Waals surface area contributed by atoms with Crippen LogP contribution >= 0.6 is 0 Å². The van der Waals surface area contributed by atoms with Gasteiger partial charge in [0, 0.05) is 17.1 Å². The second-order valence-electron chi connectivity index (χ2n) is 8.59. The van der Waals surface area contributed by atoms with Gasteiger partial charge in [-0.05, 0) is 68.9 Å². The van der Waals surface area contributed by atoms with Crippen LogP contribution in [0.3, 0.4) is 0 Å². The van der Waals surface area contributed by atoms with E-state index in [1.807, 2.05) is 24.3 Å². The van der Waals surface area contributed by atoms with E-state index in [4.69, 9.17) is 9.72 Å². The van der Waals surface area contributed by atoms with Crippen LogP contribution in [0.5, 0.6) is 0 Å². The fourth-order valence-electron chi connectivity index (χ4n) is 4.66. The van der Waals surface area contributed by atoms with Crippen molar-refractivity contribution in [3.8, 4) is 0 Å². The number of hydrogen-bond acceptors (Lipinski definition) is 4. The normalized spacial score (nSPS) is 21.8. The van der Waals surface area contributed by atoms with Crippen LogP contribution in [-0.4, -0.2) is 29.5 Å². The molecule has 0 bridgehead atoms. The van der Waals surface area contributed by atoms with E-state index in [1.54, 1.807) is 0 Å². The molecule has 2 aliphatic rings. The van der Waals surface area contributed by atoms with Crippen LogP contribution in [-0.2, 0) is 22.4 Å². The molecule has 2 aliphatic carbocycles. The number of pyridine rings is 1. The zero-order chi connectivity index (χ0) is 20.2. The van der Waals surface area contributed by atoms with Crippen molar-refractivity contribution >= 4 is 22.8 Å². The van der Waals surface area contributed by atoms with E-state index in [0.717, 1.165) is 85.9 Å². The molecule has 1 amide bonds. The smallest absolute Gasteiger partial charge is 0.339 e. The first-order valence-corrected chi connectivity index (χ1v) is 11.0. The molecule has 0 atom stereocenters. The Morgan fingerprint density at radius 2 is 1.83 bits per heavy atom. The van der Waals surface area contributed by atoms with Crippen LogP contribution in [0.25, 0.3) is 10.9 Å². The Kier molecular flexibility index (Phi) is 6.12. The van der Waals surface area contributed by atoms with Crippen LogP contribution in [0, 0.1) is 5.92 Å². The molecule has 5 nitrogen and oxygen atoms in total. The van der Waals surface area contributed by atoms with Gasteiger partial charge in [-0.15, -0.1) is 0 Å². The van der Waals surface area contributed by atoms with Gasteiger partial charge in [0.25, 0.3) is 5.91 Å². The zero-order valence-electron chi connectivity index (χ0n) is 17.2. The van der Waals surface area contributed by atoms with Gasteiger partial charge in [-0.3, -0.25) is 9.78 Å². The topological polar surface area (TPSA) is 68.3 Å². The van der Waals surface area contributed by atoms with Crippen molar-refractivity contribution in [2.75, 3.05) is 6.61 Å². The fraction of sp³-hybridized carbons (Fsp3) is 0.542. The number of para-hydroxylation sites is 1. The first kappa shape index (κ1) is 19.9. The molecule has 0 radical (unpaired) electrons. The largest absolute Gasteiger partial charge is 0.452 e. The summed E-state index contributed by atoms with van der Waals surface area (Å²) < 4.78 is 5.49. The van der Waals surface area contributed by atoms with Gasteiger partial charge in [0.05, 0.1) is 11.1 Å². The van der Waals surface area contributed by atoms with Gasteiger partial charge in [-0.25, -0.2) is 4.79 Å². The summed E-state index contributed by atoms with van der Waals surface area (Å²) in [5.74, 6) is 0.118. The maximum absolute atomic E-state index is 13.1. The minimum absolute atomic E-state index is 0.204. The summed E-state index contributed by atoms with van der Waals surface area (Å²) in [4.78, 5) is 30.2. The molecule has 0 aliphatic heterocycles. The average Bonchev–Trinajstić information content (AvgIpc) is 2.97. The number of benzene rings is 1. The molecule has 0 saturated heterocycles. The first-order chi connectivity index (χ1) is 14.1. The third-order valence-electron chi connectivity index (χ3n) is 6.34. The van der Waals surface area contributed by atoms with Gasteiger partial charge in [0.1, 0.15) is 0 Å². The molecule has 0 unspecified atom stereocenters. The number of amides is 1. The van der Waals surface area contributed by atoms with E-state index >= 15 is 0 Å².